The van der Waals surface area contributed by atoms with Gasteiger partial charge >= 0.3 is 0 Å². The van der Waals surface area contributed by atoms with Gasteiger partial charge < -0.3 is 9.84 Å². The Morgan fingerprint density at radius 1 is 1.28 bits per heavy atom. The van der Waals surface area contributed by atoms with Crippen molar-refractivity contribution >= 4 is 56.0 Å². The number of hydrogen-bond donors (Lipinski definition) is 2. The number of phenols is 1. The Morgan fingerprint density at radius 2 is 1.93 bits per heavy atom. The fraction of sp³-hybridized carbons (Fsp3) is 0.158. The summed E-state index contributed by atoms with van der Waals surface area (Å²) in [6.45, 7) is 3.91. The topological polar surface area (TPSA) is 122 Å². The molecule has 0 unspecified atom stereocenters. The first kappa shape index (κ1) is 21.3. The molecule has 0 aliphatic carbocycles. The lowest BCUT2D eigenvalue weighted by atomic mass is 10.1. The number of hydrazone groups is 1. The van der Waals surface area contributed by atoms with E-state index >= 15 is 0 Å². The van der Waals surface area contributed by atoms with E-state index < -0.39 is 10.0 Å². The zero-order valence-corrected chi connectivity index (χ0v) is 18.6. The van der Waals surface area contributed by atoms with Gasteiger partial charge in [0.25, 0.3) is 5.91 Å². The van der Waals surface area contributed by atoms with Crippen molar-refractivity contribution in [3.63, 3.8) is 0 Å². The molecule has 29 heavy (non-hydrogen) atoms. The number of phenolic OH excluding ortho intramolecular Hbond substituents is 1. The Hall–Kier alpha value is -2.44. The smallest absolute Gasteiger partial charge is 0.280 e. The summed E-state index contributed by atoms with van der Waals surface area (Å²) < 4.78 is 28.8. The number of nitrogens with two attached hydrogens (primary N) is 1. The molecular formula is C19H18IN3O5S. The number of nitrogens with zero attached hydrogens (tertiary/aromatic N) is 2. The zero-order valence-electron chi connectivity index (χ0n) is 15.6. The molecule has 152 valence electrons. The number of amides is 1. The predicted octanol–water partition coefficient (Wildman–Crippen LogP) is 2.85. The Labute approximate surface area is 181 Å². The maximum Gasteiger partial charge on any atom is 0.280 e. The van der Waals surface area contributed by atoms with Gasteiger partial charge in [0.1, 0.15) is 0 Å². The van der Waals surface area contributed by atoms with Crippen LogP contribution in [-0.4, -0.2) is 31.8 Å². The number of rotatable bonds is 5. The molecule has 0 spiro atoms. The van der Waals surface area contributed by atoms with Crippen LogP contribution in [0, 0.1) is 3.57 Å². The fourth-order valence-electron chi connectivity index (χ4n) is 2.75. The molecule has 0 saturated carbocycles. The van der Waals surface area contributed by atoms with Crippen LogP contribution in [0.1, 0.15) is 19.4 Å². The van der Waals surface area contributed by atoms with Gasteiger partial charge in [-0.05, 0) is 84.5 Å². The molecule has 3 rings (SSSR count). The minimum absolute atomic E-state index is 0.0496. The summed E-state index contributed by atoms with van der Waals surface area (Å²) >= 11 is 1.99. The number of ether oxygens (including phenoxy) is 1. The van der Waals surface area contributed by atoms with Crippen molar-refractivity contribution in [3.8, 4) is 11.5 Å². The predicted molar refractivity (Wildman–Crippen MR) is 118 cm³/mol. The standard InChI is InChI=1S/C19H18IN3O5S/c1-3-28-17-10-12(9-16(20)18(17)24)8-15-11(2)22-23(19(15)25)13-4-6-14(7-5-13)29(21,26)27/h4-10,24H,3H2,1-2H3,(H2,21,26,27)/b15-8-. The van der Waals surface area contributed by atoms with Crippen LogP contribution in [0.2, 0.25) is 0 Å². The van der Waals surface area contributed by atoms with Gasteiger partial charge in [0, 0.05) is 0 Å². The molecule has 0 bridgehead atoms. The van der Waals surface area contributed by atoms with Crippen molar-refractivity contribution in [2.45, 2.75) is 18.7 Å². The van der Waals surface area contributed by atoms with Gasteiger partial charge in [-0.15, -0.1) is 0 Å². The number of carbonyl (C=O) groups excluding carboxylic acids is 1. The Morgan fingerprint density at radius 3 is 2.52 bits per heavy atom. The molecule has 1 aliphatic heterocycles. The quantitative estimate of drug-likeness (QED) is 0.458. The van der Waals surface area contributed by atoms with E-state index in [2.05, 4.69) is 5.10 Å². The largest absolute Gasteiger partial charge is 0.504 e. The van der Waals surface area contributed by atoms with E-state index in [9.17, 15) is 18.3 Å². The molecule has 0 saturated heterocycles. The van der Waals surface area contributed by atoms with Gasteiger partial charge in [-0.3, -0.25) is 4.79 Å². The molecule has 0 atom stereocenters. The second-order valence-corrected chi connectivity index (χ2v) is 8.91. The van der Waals surface area contributed by atoms with E-state index in [-0.39, 0.29) is 16.6 Å². The third kappa shape index (κ3) is 4.43. The van der Waals surface area contributed by atoms with E-state index in [1.165, 1.54) is 29.3 Å². The van der Waals surface area contributed by atoms with Crippen LogP contribution in [0.25, 0.3) is 6.08 Å². The second kappa shape index (κ2) is 8.13. The number of halogens is 1. The summed E-state index contributed by atoms with van der Waals surface area (Å²) in [5.41, 5.74) is 1.98. The molecular weight excluding hydrogens is 509 g/mol. The van der Waals surface area contributed by atoms with Crippen LogP contribution in [0.15, 0.2) is 52.0 Å². The number of carbonyl (C=O) groups is 1. The lowest BCUT2D eigenvalue weighted by molar-refractivity contribution is -0.114. The average Bonchev–Trinajstić information content (AvgIpc) is 2.93. The van der Waals surface area contributed by atoms with Crippen molar-refractivity contribution in [2.24, 2.45) is 10.2 Å². The van der Waals surface area contributed by atoms with Gasteiger partial charge in [0.2, 0.25) is 10.0 Å². The number of hydrogen-bond acceptors (Lipinski definition) is 6. The minimum atomic E-state index is -3.82. The number of anilines is 1. The van der Waals surface area contributed by atoms with Gasteiger partial charge in [0.15, 0.2) is 11.5 Å². The summed E-state index contributed by atoms with van der Waals surface area (Å²) in [6.07, 6.45) is 1.67. The van der Waals surface area contributed by atoms with Crippen molar-refractivity contribution in [1.82, 2.24) is 0 Å². The average molecular weight is 527 g/mol. The van der Waals surface area contributed by atoms with Gasteiger partial charge in [-0.25, -0.2) is 13.6 Å². The first-order valence-corrected chi connectivity index (χ1v) is 11.1. The molecule has 0 radical (unpaired) electrons. The van der Waals surface area contributed by atoms with Crippen molar-refractivity contribution in [2.75, 3.05) is 11.6 Å². The van der Waals surface area contributed by atoms with E-state index in [1.54, 1.807) is 25.1 Å². The minimum Gasteiger partial charge on any atom is -0.504 e. The van der Waals surface area contributed by atoms with E-state index in [1.807, 2.05) is 29.5 Å². The highest BCUT2D eigenvalue weighted by Crippen LogP contribution is 2.34. The SMILES string of the molecule is CCOc1cc(/C=C2\C(=O)N(c3ccc(S(N)(=O)=O)cc3)N=C2C)cc(I)c1O. The number of sulfonamides is 1. The summed E-state index contributed by atoms with van der Waals surface area (Å²) in [5.74, 6) is 0.0305. The van der Waals surface area contributed by atoms with Crippen LogP contribution in [-0.2, 0) is 14.8 Å². The van der Waals surface area contributed by atoms with Crippen LogP contribution < -0.4 is 14.9 Å². The molecule has 2 aromatic rings. The zero-order chi connectivity index (χ0) is 21.3. The molecule has 1 amide bonds. The summed E-state index contributed by atoms with van der Waals surface area (Å²) in [4.78, 5) is 12.8. The highest BCUT2D eigenvalue weighted by molar-refractivity contribution is 14.1. The molecule has 0 fully saturated rings. The fourth-order valence-corrected chi connectivity index (χ4v) is 3.89. The molecule has 3 N–H and O–H groups in total. The van der Waals surface area contributed by atoms with Crippen LogP contribution in [0.4, 0.5) is 5.69 Å². The van der Waals surface area contributed by atoms with Crippen LogP contribution in [0.5, 0.6) is 11.5 Å². The van der Waals surface area contributed by atoms with Crippen LogP contribution >= 0.6 is 22.6 Å². The van der Waals surface area contributed by atoms with Gasteiger partial charge in [-0.1, -0.05) is 0 Å². The maximum absolute atomic E-state index is 12.9. The Balaban J connectivity index is 1.94. The van der Waals surface area contributed by atoms with Crippen molar-refractivity contribution in [3.05, 3.63) is 51.1 Å². The number of benzene rings is 2. The lowest BCUT2D eigenvalue weighted by Gasteiger charge is -2.12. The molecule has 2 aromatic carbocycles. The third-order valence-electron chi connectivity index (χ3n) is 4.13. The van der Waals surface area contributed by atoms with Gasteiger partial charge in [0.05, 0.1) is 32.0 Å². The van der Waals surface area contributed by atoms with Crippen molar-refractivity contribution in [1.29, 1.82) is 0 Å². The highest BCUT2D eigenvalue weighted by Gasteiger charge is 2.29. The normalized spacial score (nSPS) is 15.7. The molecule has 8 nitrogen and oxygen atoms in total. The Bertz CT molecular complexity index is 1140. The molecule has 10 heteroatoms. The highest BCUT2D eigenvalue weighted by atomic mass is 127. The Kier molecular flexibility index (Phi) is 5.96. The maximum atomic E-state index is 12.9. The van der Waals surface area contributed by atoms with Crippen LogP contribution in [0.3, 0.4) is 0 Å². The summed E-state index contributed by atoms with van der Waals surface area (Å²) in [5, 5.41) is 20.7. The second-order valence-electron chi connectivity index (χ2n) is 6.18. The summed E-state index contributed by atoms with van der Waals surface area (Å²) in [7, 11) is -3.82. The number of primary sulfonamides is 1. The number of aromatic hydroxyl groups is 1. The molecule has 0 aromatic heterocycles. The molecule has 1 heterocycles. The van der Waals surface area contributed by atoms with E-state index in [0.717, 1.165) is 0 Å². The first-order valence-electron chi connectivity index (χ1n) is 8.51. The van der Waals surface area contributed by atoms with E-state index in [4.69, 9.17) is 9.88 Å². The third-order valence-corrected chi connectivity index (χ3v) is 5.89. The summed E-state index contributed by atoms with van der Waals surface area (Å²) in [6, 6.07) is 8.96. The van der Waals surface area contributed by atoms with E-state index in [0.29, 0.717) is 38.5 Å². The monoisotopic (exact) mass is 527 g/mol. The molecule has 1 aliphatic rings. The first-order chi connectivity index (χ1) is 13.6. The van der Waals surface area contributed by atoms with Crippen molar-refractivity contribution < 1.29 is 23.1 Å². The van der Waals surface area contributed by atoms with Gasteiger partial charge in [-0.2, -0.15) is 10.1 Å². The lowest BCUT2D eigenvalue weighted by Crippen LogP contribution is -2.21.